The summed E-state index contributed by atoms with van der Waals surface area (Å²) >= 11 is 0. The summed E-state index contributed by atoms with van der Waals surface area (Å²) in [6, 6.07) is 10.6. The molecule has 3 aliphatic rings. The number of benzene rings is 1. The summed E-state index contributed by atoms with van der Waals surface area (Å²) < 4.78 is 0. The Labute approximate surface area is 248 Å². The molecule has 5 rings (SSSR count). The zero-order valence-corrected chi connectivity index (χ0v) is 26.1. The molecular weight excluding hydrogens is 498 g/mol. The average molecular weight is 546 g/mol. The van der Waals surface area contributed by atoms with Gasteiger partial charge in [0.2, 0.25) is 0 Å². The van der Waals surface area contributed by atoms with E-state index in [9.17, 15) is 0 Å². The highest BCUT2D eigenvalue weighted by molar-refractivity contribution is 5.93. The maximum Gasteiger partial charge on any atom is 0.116 e. The molecule has 1 aromatic heterocycles. The molecule has 1 aromatic carbocycles. The van der Waals surface area contributed by atoms with E-state index in [0.29, 0.717) is 0 Å². The van der Waals surface area contributed by atoms with Gasteiger partial charge in [0.25, 0.3) is 0 Å². The largest absolute Gasteiger partial charge is 0.311 e. The number of aromatic nitrogens is 2. The van der Waals surface area contributed by atoms with Crippen molar-refractivity contribution in [2.75, 3.05) is 4.90 Å². The molecule has 0 atom stereocenters. The molecule has 2 aromatic rings. The summed E-state index contributed by atoms with van der Waals surface area (Å²) in [5.41, 5.74) is 12.0. The minimum absolute atomic E-state index is 0.879. The minimum atomic E-state index is 0.879. The Bertz CT molecular complexity index is 1410. The lowest BCUT2D eigenvalue weighted by atomic mass is 9.84. The van der Waals surface area contributed by atoms with Gasteiger partial charge < -0.3 is 4.90 Å². The molecule has 214 valence electrons. The van der Waals surface area contributed by atoms with Crippen LogP contribution in [0.5, 0.6) is 0 Å². The summed E-state index contributed by atoms with van der Waals surface area (Å²) in [6.45, 7) is 14.8. The number of rotatable bonds is 6. The number of fused-ring (bicyclic) bond motifs is 3. The van der Waals surface area contributed by atoms with E-state index in [1.54, 1.807) is 6.33 Å². The van der Waals surface area contributed by atoms with Gasteiger partial charge in [0, 0.05) is 17.0 Å². The standard InChI is InChI=1S/C32H31N3.C4H10.C2H6/c1-4-11-24(12-5-2)27-17-18-29-23(3)35(31-21-33-22-34-32(31)30(29)20-27)28-16-10-9-15-26(19-28)25-13-7-6-8-14-25;1-3-4-2;1-2/h4,6-14,16-17,19-22H,5,15,18H2,1-3H3;3-4H2,1-2H3;1-2H3/b11-4-,24-12+;;. The fourth-order valence-electron chi connectivity index (χ4n) is 5.04. The van der Waals surface area contributed by atoms with Crippen molar-refractivity contribution >= 4 is 16.8 Å². The zero-order chi connectivity index (χ0) is 29.6. The van der Waals surface area contributed by atoms with Gasteiger partial charge in [-0.2, -0.15) is 0 Å². The summed E-state index contributed by atoms with van der Waals surface area (Å²) in [7, 11) is 0. The second kappa shape index (κ2) is 16.3. The maximum absolute atomic E-state index is 4.78. The van der Waals surface area contributed by atoms with Gasteiger partial charge in [0.15, 0.2) is 0 Å². The lowest BCUT2D eigenvalue weighted by Gasteiger charge is -2.36. The molecule has 2 heterocycles. The number of unbranched alkanes of at least 4 members (excludes halogenated alkanes) is 1. The fraction of sp³-hybridized carbons (Fsp3) is 0.316. The van der Waals surface area contributed by atoms with Crippen molar-refractivity contribution < 1.29 is 0 Å². The molecular formula is C38H47N3. The molecule has 0 bridgehead atoms. The average Bonchev–Trinajstić information content (AvgIpc) is 3.29. The quantitative estimate of drug-likeness (QED) is 0.338. The van der Waals surface area contributed by atoms with Crippen LogP contribution in [0.3, 0.4) is 0 Å². The van der Waals surface area contributed by atoms with E-state index >= 15 is 0 Å². The first kappa shape index (κ1) is 31.5. The molecule has 2 aliphatic carbocycles. The first-order chi connectivity index (χ1) is 20.1. The first-order valence-corrected chi connectivity index (χ1v) is 15.3. The predicted octanol–water partition coefficient (Wildman–Crippen LogP) is 11.0. The van der Waals surface area contributed by atoms with Crippen molar-refractivity contribution in [2.24, 2.45) is 0 Å². The van der Waals surface area contributed by atoms with Gasteiger partial charge in [-0.1, -0.05) is 114 Å². The highest BCUT2D eigenvalue weighted by Gasteiger charge is 2.31. The highest BCUT2D eigenvalue weighted by atomic mass is 15.2. The molecule has 0 saturated carbocycles. The summed E-state index contributed by atoms with van der Waals surface area (Å²) in [4.78, 5) is 11.5. The molecule has 0 unspecified atom stereocenters. The monoisotopic (exact) mass is 545 g/mol. The molecule has 3 nitrogen and oxygen atoms in total. The van der Waals surface area contributed by atoms with E-state index in [2.05, 4.69) is 130 Å². The molecule has 0 radical (unpaired) electrons. The third-order valence-electron chi connectivity index (χ3n) is 7.18. The number of hydrogen-bond acceptors (Lipinski definition) is 3. The molecule has 0 fully saturated rings. The topological polar surface area (TPSA) is 29.0 Å². The van der Waals surface area contributed by atoms with Crippen LogP contribution in [-0.4, -0.2) is 9.97 Å². The van der Waals surface area contributed by atoms with Crippen LogP contribution in [0.15, 0.2) is 126 Å². The number of nitrogens with zero attached hydrogens (tertiary/aromatic N) is 3. The highest BCUT2D eigenvalue weighted by Crippen LogP contribution is 2.46. The number of allylic oxidation sites excluding steroid dienone is 15. The Balaban J connectivity index is 0.000000710. The second-order valence-corrected chi connectivity index (χ2v) is 9.90. The van der Waals surface area contributed by atoms with Crippen molar-refractivity contribution in [3.63, 3.8) is 0 Å². The fourth-order valence-corrected chi connectivity index (χ4v) is 5.04. The van der Waals surface area contributed by atoms with E-state index in [-0.39, 0.29) is 0 Å². The van der Waals surface area contributed by atoms with Gasteiger partial charge in [-0.3, -0.25) is 0 Å². The Morgan fingerprint density at radius 2 is 1.76 bits per heavy atom. The summed E-state index contributed by atoms with van der Waals surface area (Å²) in [5, 5.41) is 0. The first-order valence-electron chi connectivity index (χ1n) is 15.3. The van der Waals surface area contributed by atoms with E-state index < -0.39 is 0 Å². The van der Waals surface area contributed by atoms with Gasteiger partial charge in [0.05, 0.1) is 17.6 Å². The zero-order valence-electron chi connectivity index (χ0n) is 26.1. The Morgan fingerprint density at radius 1 is 1.00 bits per heavy atom. The van der Waals surface area contributed by atoms with Crippen LogP contribution >= 0.6 is 0 Å². The van der Waals surface area contributed by atoms with Crippen LogP contribution in [0.1, 0.15) is 91.8 Å². The Hall–Kier alpha value is -3.98. The Kier molecular flexibility index (Phi) is 12.6. The molecule has 1 aliphatic heterocycles. The van der Waals surface area contributed by atoms with Gasteiger partial charge in [-0.05, 0) is 79.2 Å². The second-order valence-electron chi connectivity index (χ2n) is 9.90. The summed E-state index contributed by atoms with van der Waals surface area (Å²) in [6.07, 6.45) is 29.2. The lowest BCUT2D eigenvalue weighted by Crippen LogP contribution is -2.27. The maximum atomic E-state index is 4.78. The molecule has 41 heavy (non-hydrogen) atoms. The van der Waals surface area contributed by atoms with Gasteiger partial charge >= 0.3 is 0 Å². The van der Waals surface area contributed by atoms with E-state index in [0.717, 1.165) is 36.3 Å². The van der Waals surface area contributed by atoms with Crippen molar-refractivity contribution in [1.82, 2.24) is 9.97 Å². The summed E-state index contributed by atoms with van der Waals surface area (Å²) in [5.74, 6) is 0. The van der Waals surface area contributed by atoms with E-state index in [1.165, 1.54) is 52.0 Å². The van der Waals surface area contributed by atoms with Crippen LogP contribution < -0.4 is 4.90 Å². The Morgan fingerprint density at radius 3 is 2.44 bits per heavy atom. The molecule has 0 N–H and O–H groups in total. The van der Waals surface area contributed by atoms with E-state index in [1.807, 2.05) is 20.0 Å². The SMILES string of the molecule is C/C=C\C(=C/CC)C1=CCC2=C(C)N(C3=CC=CCC(c4ccccc4)=C3)c3cncnc3C2=C1.CC.CCCC. The normalized spacial score (nSPS) is 16.2. The minimum Gasteiger partial charge on any atom is -0.311 e. The van der Waals surface area contributed by atoms with Crippen molar-refractivity contribution in [2.45, 2.75) is 80.6 Å². The van der Waals surface area contributed by atoms with Crippen molar-refractivity contribution in [1.29, 1.82) is 0 Å². The van der Waals surface area contributed by atoms with Crippen molar-refractivity contribution in [3.05, 3.63) is 137 Å². The smallest absolute Gasteiger partial charge is 0.116 e. The molecule has 3 heteroatoms. The molecule has 0 saturated heterocycles. The molecule has 0 spiro atoms. The van der Waals surface area contributed by atoms with Crippen LogP contribution in [0.2, 0.25) is 0 Å². The number of anilines is 1. The number of hydrogen-bond donors (Lipinski definition) is 0. The van der Waals surface area contributed by atoms with Crippen molar-refractivity contribution in [3.8, 4) is 0 Å². The van der Waals surface area contributed by atoms with Gasteiger partial charge in [-0.15, -0.1) is 0 Å². The van der Waals surface area contributed by atoms with Gasteiger partial charge in [0.1, 0.15) is 6.33 Å². The van der Waals surface area contributed by atoms with Gasteiger partial charge in [-0.25, -0.2) is 9.97 Å². The third kappa shape index (κ3) is 7.61. The van der Waals surface area contributed by atoms with Crippen LogP contribution in [-0.2, 0) is 0 Å². The molecule has 0 amide bonds. The predicted molar refractivity (Wildman–Crippen MR) is 179 cm³/mol. The lowest BCUT2D eigenvalue weighted by molar-refractivity contribution is 0.886. The van der Waals surface area contributed by atoms with Crippen LogP contribution in [0, 0.1) is 0 Å². The van der Waals surface area contributed by atoms with Crippen LogP contribution in [0.25, 0.3) is 11.1 Å². The third-order valence-corrected chi connectivity index (χ3v) is 7.18. The van der Waals surface area contributed by atoms with Crippen LogP contribution in [0.4, 0.5) is 5.69 Å². The van der Waals surface area contributed by atoms with E-state index in [4.69, 9.17) is 4.98 Å².